The van der Waals surface area contributed by atoms with Gasteiger partial charge in [0.15, 0.2) is 0 Å². The number of benzene rings is 1. The minimum absolute atomic E-state index is 0. The van der Waals surface area contributed by atoms with Gasteiger partial charge in [0, 0.05) is 17.3 Å². The van der Waals surface area contributed by atoms with Crippen LogP contribution in [0.2, 0.25) is 0 Å². The van der Waals surface area contributed by atoms with Gasteiger partial charge in [0.25, 0.3) is 5.91 Å². The fourth-order valence-electron chi connectivity index (χ4n) is 2.03. The molecule has 0 radical (unpaired) electrons. The SMILES string of the molecule is CN(C)CCC(NC(=O)c1cccc(N)c1)C(C)(C)C.Cl.Cl. The number of nitrogens with one attached hydrogen (secondary N) is 1. The maximum Gasteiger partial charge on any atom is 0.251 e. The molecule has 1 amide bonds. The molecule has 1 aromatic carbocycles. The Bertz CT molecular complexity index is 459. The highest BCUT2D eigenvalue weighted by molar-refractivity contribution is 5.95. The molecule has 6 heteroatoms. The molecule has 0 bridgehead atoms. The Morgan fingerprint density at radius 2 is 1.86 bits per heavy atom. The molecule has 0 aliphatic heterocycles. The molecule has 0 spiro atoms. The van der Waals surface area contributed by atoms with Crippen molar-refractivity contribution in [3.63, 3.8) is 0 Å². The fraction of sp³-hybridized carbons (Fsp3) is 0.562. The van der Waals surface area contributed by atoms with Gasteiger partial charge < -0.3 is 16.0 Å². The van der Waals surface area contributed by atoms with E-state index in [2.05, 4.69) is 31.0 Å². The molecule has 128 valence electrons. The Balaban J connectivity index is 0. The van der Waals surface area contributed by atoms with Gasteiger partial charge in [-0.2, -0.15) is 0 Å². The largest absolute Gasteiger partial charge is 0.399 e. The van der Waals surface area contributed by atoms with Gasteiger partial charge in [0.2, 0.25) is 0 Å². The number of nitrogens with two attached hydrogens (primary N) is 1. The molecule has 1 atom stereocenters. The van der Waals surface area contributed by atoms with Crippen LogP contribution in [0, 0.1) is 5.41 Å². The molecule has 3 N–H and O–H groups in total. The van der Waals surface area contributed by atoms with Crippen molar-refractivity contribution in [3.8, 4) is 0 Å². The predicted molar refractivity (Wildman–Crippen MR) is 99.2 cm³/mol. The van der Waals surface area contributed by atoms with Crippen molar-refractivity contribution in [3.05, 3.63) is 29.8 Å². The van der Waals surface area contributed by atoms with Gasteiger partial charge in [0.05, 0.1) is 0 Å². The number of halogens is 2. The summed E-state index contributed by atoms with van der Waals surface area (Å²) in [6.45, 7) is 7.38. The molecule has 0 saturated heterocycles. The molecule has 1 aromatic rings. The van der Waals surface area contributed by atoms with Crippen molar-refractivity contribution < 1.29 is 4.79 Å². The van der Waals surface area contributed by atoms with E-state index in [4.69, 9.17) is 5.73 Å². The summed E-state index contributed by atoms with van der Waals surface area (Å²) in [5.41, 5.74) is 6.97. The van der Waals surface area contributed by atoms with Gasteiger partial charge in [0.1, 0.15) is 0 Å². The molecule has 0 aliphatic rings. The van der Waals surface area contributed by atoms with Crippen molar-refractivity contribution in [1.82, 2.24) is 10.2 Å². The number of carbonyl (C=O) groups excluding carboxylic acids is 1. The van der Waals surface area contributed by atoms with E-state index in [9.17, 15) is 4.79 Å². The molecule has 0 heterocycles. The third kappa shape index (κ3) is 7.87. The first-order chi connectivity index (χ1) is 9.20. The lowest BCUT2D eigenvalue weighted by Crippen LogP contribution is -2.45. The van der Waals surface area contributed by atoms with Crippen LogP contribution in [-0.4, -0.2) is 37.5 Å². The first kappa shape index (κ1) is 23.3. The van der Waals surface area contributed by atoms with E-state index in [-0.39, 0.29) is 42.2 Å². The van der Waals surface area contributed by atoms with Crippen LogP contribution in [0.3, 0.4) is 0 Å². The summed E-state index contributed by atoms with van der Waals surface area (Å²) in [4.78, 5) is 14.4. The van der Waals surface area contributed by atoms with Crippen LogP contribution in [0.1, 0.15) is 37.6 Å². The Morgan fingerprint density at radius 1 is 1.27 bits per heavy atom. The Hall–Kier alpha value is -0.970. The summed E-state index contributed by atoms with van der Waals surface area (Å²) in [6, 6.07) is 7.21. The topological polar surface area (TPSA) is 58.4 Å². The first-order valence-corrected chi connectivity index (χ1v) is 7.01. The molecular formula is C16H29Cl2N3O. The van der Waals surface area contributed by atoms with E-state index in [1.807, 2.05) is 14.1 Å². The lowest BCUT2D eigenvalue weighted by molar-refractivity contribution is 0.0893. The van der Waals surface area contributed by atoms with Gasteiger partial charge in [-0.3, -0.25) is 4.79 Å². The van der Waals surface area contributed by atoms with Crippen LogP contribution in [0.5, 0.6) is 0 Å². The average Bonchev–Trinajstić information content (AvgIpc) is 2.32. The summed E-state index contributed by atoms with van der Waals surface area (Å²) in [5.74, 6) is -0.0593. The van der Waals surface area contributed by atoms with Crippen molar-refractivity contribution in [2.75, 3.05) is 26.4 Å². The normalized spacial score (nSPS) is 12.1. The lowest BCUT2D eigenvalue weighted by atomic mass is 9.84. The maximum atomic E-state index is 12.3. The minimum atomic E-state index is -0.0593. The lowest BCUT2D eigenvalue weighted by Gasteiger charge is -2.32. The summed E-state index contributed by atoms with van der Waals surface area (Å²) in [6.07, 6.45) is 0.921. The fourth-order valence-corrected chi connectivity index (χ4v) is 2.03. The third-order valence-corrected chi connectivity index (χ3v) is 3.36. The molecule has 22 heavy (non-hydrogen) atoms. The van der Waals surface area contributed by atoms with E-state index in [0.717, 1.165) is 13.0 Å². The van der Waals surface area contributed by atoms with E-state index < -0.39 is 0 Å². The molecule has 0 aromatic heterocycles. The van der Waals surface area contributed by atoms with Crippen molar-refractivity contribution in [2.24, 2.45) is 5.41 Å². The second-order valence-corrected chi connectivity index (χ2v) is 6.61. The van der Waals surface area contributed by atoms with Crippen LogP contribution in [0.25, 0.3) is 0 Å². The van der Waals surface area contributed by atoms with Crippen LogP contribution in [-0.2, 0) is 0 Å². The molecule has 0 fully saturated rings. The standard InChI is InChI=1S/C16H27N3O.2ClH/c1-16(2,3)14(9-10-19(4)5)18-15(20)12-7-6-8-13(17)11-12;;/h6-8,11,14H,9-10,17H2,1-5H3,(H,18,20);2*1H. The summed E-state index contributed by atoms with van der Waals surface area (Å²) in [5, 5.41) is 3.13. The molecule has 1 unspecified atom stereocenters. The number of hydrogen-bond acceptors (Lipinski definition) is 3. The smallest absolute Gasteiger partial charge is 0.251 e. The third-order valence-electron chi connectivity index (χ3n) is 3.36. The number of nitrogen functional groups attached to an aromatic ring is 1. The summed E-state index contributed by atoms with van der Waals surface area (Å²) >= 11 is 0. The van der Waals surface area contributed by atoms with E-state index in [1.54, 1.807) is 24.3 Å². The number of amides is 1. The van der Waals surface area contributed by atoms with Crippen LogP contribution < -0.4 is 11.1 Å². The van der Waals surface area contributed by atoms with E-state index in [1.165, 1.54) is 0 Å². The van der Waals surface area contributed by atoms with E-state index in [0.29, 0.717) is 11.3 Å². The molecule has 1 rings (SSSR count). The second kappa shape index (κ2) is 9.93. The Labute approximate surface area is 146 Å². The monoisotopic (exact) mass is 349 g/mol. The number of carbonyl (C=O) groups is 1. The number of nitrogens with zero attached hydrogens (tertiary/aromatic N) is 1. The summed E-state index contributed by atoms with van der Waals surface area (Å²) in [7, 11) is 4.08. The van der Waals surface area contributed by atoms with Gasteiger partial charge in [-0.15, -0.1) is 24.8 Å². The van der Waals surface area contributed by atoms with Crippen molar-refractivity contribution in [2.45, 2.75) is 33.2 Å². The van der Waals surface area contributed by atoms with Gasteiger partial charge >= 0.3 is 0 Å². The predicted octanol–water partition coefficient (Wildman–Crippen LogP) is 3.21. The molecule has 4 nitrogen and oxygen atoms in total. The van der Waals surface area contributed by atoms with Crippen molar-refractivity contribution in [1.29, 1.82) is 0 Å². The Kier molecular flexibility index (Phi) is 10.5. The second-order valence-electron chi connectivity index (χ2n) is 6.61. The van der Waals surface area contributed by atoms with Crippen LogP contribution in [0.15, 0.2) is 24.3 Å². The Morgan fingerprint density at radius 3 is 2.32 bits per heavy atom. The molecule has 0 saturated carbocycles. The maximum absolute atomic E-state index is 12.3. The minimum Gasteiger partial charge on any atom is -0.399 e. The highest BCUT2D eigenvalue weighted by atomic mass is 35.5. The molecule has 0 aliphatic carbocycles. The van der Waals surface area contributed by atoms with Gasteiger partial charge in [-0.25, -0.2) is 0 Å². The van der Waals surface area contributed by atoms with Crippen LogP contribution >= 0.6 is 24.8 Å². The van der Waals surface area contributed by atoms with Crippen LogP contribution in [0.4, 0.5) is 5.69 Å². The summed E-state index contributed by atoms with van der Waals surface area (Å²) < 4.78 is 0. The average molecular weight is 350 g/mol. The quantitative estimate of drug-likeness (QED) is 0.802. The number of hydrogen-bond donors (Lipinski definition) is 2. The highest BCUT2D eigenvalue weighted by Crippen LogP contribution is 2.22. The highest BCUT2D eigenvalue weighted by Gasteiger charge is 2.26. The van der Waals surface area contributed by atoms with Gasteiger partial charge in [-0.1, -0.05) is 26.8 Å². The number of anilines is 1. The number of rotatable bonds is 5. The van der Waals surface area contributed by atoms with Gasteiger partial charge in [-0.05, 0) is 50.7 Å². The van der Waals surface area contributed by atoms with Crippen molar-refractivity contribution >= 4 is 36.4 Å². The van der Waals surface area contributed by atoms with E-state index >= 15 is 0 Å². The zero-order chi connectivity index (χ0) is 15.3. The zero-order valence-electron chi connectivity index (χ0n) is 14.1. The molecular weight excluding hydrogens is 321 g/mol. The first-order valence-electron chi connectivity index (χ1n) is 7.01. The zero-order valence-corrected chi connectivity index (χ0v) is 15.7.